The number of anilines is 1. The van der Waals surface area contributed by atoms with E-state index in [1.807, 2.05) is 60.4 Å². The molecule has 0 bridgehead atoms. The maximum Gasteiger partial charge on any atom is 0.241 e. The summed E-state index contributed by atoms with van der Waals surface area (Å²) < 4.78 is 10.4. The maximum absolute atomic E-state index is 12.6. The van der Waals surface area contributed by atoms with Crippen LogP contribution >= 0.6 is 11.8 Å². The third kappa shape index (κ3) is 3.01. The largest absolute Gasteiger partial charge is 0.497 e. The fraction of sp³-hybridized carbons (Fsp3) is 0.278. The minimum atomic E-state index is -0.0656. The standard InChI is InChI=1S/C18H19NO3S/c1-12-17(20)19(14-6-10-16(22-3)11-7-14)18(23-12)13-4-8-15(21-2)9-5-13/h4-12,18H,1-3H3. The minimum absolute atomic E-state index is 0.0307. The van der Waals surface area contributed by atoms with Crippen LogP contribution in [0.2, 0.25) is 0 Å². The highest BCUT2D eigenvalue weighted by atomic mass is 32.2. The lowest BCUT2D eigenvalue weighted by Gasteiger charge is -2.24. The Labute approximate surface area is 140 Å². The number of rotatable bonds is 4. The van der Waals surface area contributed by atoms with Crippen molar-refractivity contribution in [3.63, 3.8) is 0 Å². The van der Waals surface area contributed by atoms with Crippen LogP contribution in [0.1, 0.15) is 17.9 Å². The molecular formula is C18H19NO3S. The van der Waals surface area contributed by atoms with E-state index < -0.39 is 0 Å². The van der Waals surface area contributed by atoms with Gasteiger partial charge in [-0.25, -0.2) is 0 Å². The Morgan fingerprint density at radius 3 is 1.96 bits per heavy atom. The molecule has 1 aliphatic heterocycles. The number of ether oxygens (including phenoxy) is 2. The molecule has 2 aromatic carbocycles. The fourth-order valence-corrected chi connectivity index (χ4v) is 3.90. The highest BCUT2D eigenvalue weighted by molar-refractivity contribution is 8.01. The van der Waals surface area contributed by atoms with Gasteiger partial charge in [-0.05, 0) is 48.9 Å². The van der Waals surface area contributed by atoms with Crippen LogP contribution in [0.25, 0.3) is 0 Å². The van der Waals surface area contributed by atoms with Gasteiger partial charge < -0.3 is 9.47 Å². The molecule has 1 saturated heterocycles. The lowest BCUT2D eigenvalue weighted by Crippen LogP contribution is -2.30. The highest BCUT2D eigenvalue weighted by Gasteiger charge is 2.39. The summed E-state index contributed by atoms with van der Waals surface area (Å²) in [7, 11) is 3.28. The van der Waals surface area contributed by atoms with E-state index in [0.717, 1.165) is 22.7 Å². The van der Waals surface area contributed by atoms with Crippen LogP contribution in [-0.4, -0.2) is 25.4 Å². The maximum atomic E-state index is 12.6. The smallest absolute Gasteiger partial charge is 0.241 e. The van der Waals surface area contributed by atoms with Gasteiger partial charge in [0, 0.05) is 5.69 Å². The van der Waals surface area contributed by atoms with Crippen LogP contribution < -0.4 is 14.4 Å². The number of hydrogen-bond acceptors (Lipinski definition) is 4. The van der Waals surface area contributed by atoms with E-state index in [1.54, 1.807) is 26.0 Å². The monoisotopic (exact) mass is 329 g/mol. The topological polar surface area (TPSA) is 38.8 Å². The molecule has 1 heterocycles. The zero-order valence-electron chi connectivity index (χ0n) is 13.4. The third-order valence-corrected chi connectivity index (χ3v) is 5.25. The number of carbonyl (C=O) groups excluding carboxylic acids is 1. The molecule has 4 nitrogen and oxygen atoms in total. The average Bonchev–Trinajstić information content (AvgIpc) is 2.90. The van der Waals surface area contributed by atoms with Gasteiger partial charge >= 0.3 is 0 Å². The van der Waals surface area contributed by atoms with Crippen molar-refractivity contribution in [3.8, 4) is 11.5 Å². The number of benzene rings is 2. The summed E-state index contributed by atoms with van der Waals surface area (Å²) in [5, 5.41) is -0.0963. The zero-order valence-corrected chi connectivity index (χ0v) is 14.2. The highest BCUT2D eigenvalue weighted by Crippen LogP contribution is 2.45. The van der Waals surface area contributed by atoms with Crippen LogP contribution in [0.4, 0.5) is 5.69 Å². The first-order valence-corrected chi connectivity index (χ1v) is 8.35. The second-order valence-corrected chi connectivity index (χ2v) is 6.74. The van der Waals surface area contributed by atoms with Crippen molar-refractivity contribution < 1.29 is 14.3 Å². The number of nitrogens with zero attached hydrogens (tertiary/aromatic N) is 1. The van der Waals surface area contributed by atoms with Gasteiger partial charge in [-0.15, -0.1) is 11.8 Å². The van der Waals surface area contributed by atoms with E-state index in [9.17, 15) is 4.79 Å². The molecule has 0 radical (unpaired) electrons. The summed E-state index contributed by atoms with van der Waals surface area (Å²) >= 11 is 1.66. The molecule has 1 aliphatic rings. The van der Waals surface area contributed by atoms with Crippen molar-refractivity contribution in [2.45, 2.75) is 17.5 Å². The summed E-state index contributed by atoms with van der Waals surface area (Å²) in [6, 6.07) is 15.5. The lowest BCUT2D eigenvalue weighted by atomic mass is 10.1. The van der Waals surface area contributed by atoms with Crippen molar-refractivity contribution in [2.75, 3.05) is 19.1 Å². The molecule has 0 aliphatic carbocycles. The number of thioether (sulfide) groups is 1. The fourth-order valence-electron chi connectivity index (χ4n) is 2.63. The molecule has 5 heteroatoms. The Balaban J connectivity index is 1.94. The molecule has 1 fully saturated rings. The number of hydrogen-bond donors (Lipinski definition) is 0. The Bertz CT molecular complexity index is 684. The van der Waals surface area contributed by atoms with Crippen LogP contribution in [0.15, 0.2) is 48.5 Å². The molecular weight excluding hydrogens is 310 g/mol. The summed E-state index contributed by atoms with van der Waals surface area (Å²) in [5.74, 6) is 1.72. The molecule has 0 aromatic heterocycles. The average molecular weight is 329 g/mol. The van der Waals surface area contributed by atoms with Crippen molar-refractivity contribution in [2.24, 2.45) is 0 Å². The van der Waals surface area contributed by atoms with Gasteiger partial charge in [0.25, 0.3) is 0 Å². The Kier molecular flexibility index (Phi) is 4.48. The van der Waals surface area contributed by atoms with Gasteiger partial charge in [0.05, 0.1) is 19.5 Å². The summed E-state index contributed by atoms with van der Waals surface area (Å²) in [5.41, 5.74) is 1.97. The molecule has 3 rings (SSSR count). The third-order valence-electron chi connectivity index (χ3n) is 3.90. The number of carbonyl (C=O) groups is 1. The van der Waals surface area contributed by atoms with Gasteiger partial charge in [-0.2, -0.15) is 0 Å². The molecule has 2 atom stereocenters. The molecule has 0 spiro atoms. The van der Waals surface area contributed by atoms with Gasteiger partial charge in [-0.3, -0.25) is 9.69 Å². The van der Waals surface area contributed by atoms with Crippen LogP contribution in [-0.2, 0) is 4.79 Å². The first-order chi connectivity index (χ1) is 11.1. The van der Waals surface area contributed by atoms with E-state index in [4.69, 9.17) is 9.47 Å². The van der Waals surface area contributed by atoms with E-state index >= 15 is 0 Å². The van der Waals surface area contributed by atoms with Crippen LogP contribution in [0.3, 0.4) is 0 Å². The van der Waals surface area contributed by atoms with Gasteiger partial charge in [0.15, 0.2) is 0 Å². The first-order valence-electron chi connectivity index (χ1n) is 7.40. The van der Waals surface area contributed by atoms with E-state index in [-0.39, 0.29) is 16.5 Å². The molecule has 120 valence electrons. The van der Waals surface area contributed by atoms with Gasteiger partial charge in [0.1, 0.15) is 16.9 Å². The van der Waals surface area contributed by atoms with Crippen LogP contribution in [0, 0.1) is 0 Å². The molecule has 2 unspecified atom stereocenters. The van der Waals surface area contributed by atoms with E-state index in [1.165, 1.54) is 0 Å². The van der Waals surface area contributed by atoms with Crippen LogP contribution in [0.5, 0.6) is 11.5 Å². The molecule has 23 heavy (non-hydrogen) atoms. The summed E-state index contributed by atoms with van der Waals surface area (Å²) in [4.78, 5) is 14.5. The van der Waals surface area contributed by atoms with Gasteiger partial charge in [-0.1, -0.05) is 12.1 Å². The van der Waals surface area contributed by atoms with Crippen molar-refractivity contribution in [1.29, 1.82) is 0 Å². The predicted molar refractivity (Wildman–Crippen MR) is 93.3 cm³/mol. The van der Waals surface area contributed by atoms with E-state index in [0.29, 0.717) is 0 Å². The Morgan fingerprint density at radius 2 is 1.43 bits per heavy atom. The summed E-state index contributed by atoms with van der Waals surface area (Å²) in [6.45, 7) is 1.95. The molecule has 2 aromatic rings. The molecule has 0 saturated carbocycles. The van der Waals surface area contributed by atoms with E-state index in [2.05, 4.69) is 0 Å². The Hall–Kier alpha value is -2.14. The number of methoxy groups -OCH3 is 2. The lowest BCUT2D eigenvalue weighted by molar-refractivity contribution is -0.117. The first kappa shape index (κ1) is 15.7. The second kappa shape index (κ2) is 6.54. The minimum Gasteiger partial charge on any atom is -0.497 e. The van der Waals surface area contributed by atoms with Crippen molar-refractivity contribution in [1.82, 2.24) is 0 Å². The number of amides is 1. The predicted octanol–water partition coefficient (Wildman–Crippen LogP) is 3.87. The summed E-state index contributed by atoms with van der Waals surface area (Å²) in [6.07, 6.45) is 0. The zero-order chi connectivity index (χ0) is 16.4. The molecule has 0 N–H and O–H groups in total. The van der Waals surface area contributed by atoms with Gasteiger partial charge in [0.2, 0.25) is 5.91 Å². The molecule has 1 amide bonds. The van der Waals surface area contributed by atoms with Crippen molar-refractivity contribution in [3.05, 3.63) is 54.1 Å². The van der Waals surface area contributed by atoms with Crippen molar-refractivity contribution >= 4 is 23.4 Å². The SMILES string of the molecule is COc1ccc(C2SC(C)C(=O)N2c2ccc(OC)cc2)cc1. The quantitative estimate of drug-likeness (QED) is 0.853. The normalized spacial score (nSPS) is 20.7. The Morgan fingerprint density at radius 1 is 0.913 bits per heavy atom. The second-order valence-electron chi connectivity index (χ2n) is 5.31.